The molecular weight excluding hydrogens is 366 g/mol. The van der Waals surface area contributed by atoms with Crippen molar-refractivity contribution in [3.63, 3.8) is 0 Å². The minimum absolute atomic E-state index is 0.149. The Kier molecular flexibility index (Phi) is 5.84. The highest BCUT2D eigenvalue weighted by molar-refractivity contribution is 5.80. The van der Waals surface area contributed by atoms with E-state index in [9.17, 15) is 4.79 Å². The average Bonchev–Trinajstić information content (AvgIpc) is 3.24. The topological polar surface area (TPSA) is 74.3 Å². The van der Waals surface area contributed by atoms with E-state index in [4.69, 9.17) is 4.74 Å². The van der Waals surface area contributed by atoms with Gasteiger partial charge in [0, 0.05) is 0 Å². The molecule has 2 heterocycles. The van der Waals surface area contributed by atoms with Gasteiger partial charge in [0.25, 0.3) is 11.3 Å². The third-order valence-electron chi connectivity index (χ3n) is 5.08. The van der Waals surface area contributed by atoms with E-state index in [1.165, 1.54) is 36.7 Å². The number of nitrogens with zero attached hydrogens (tertiary/aromatic N) is 5. The molecule has 7 nitrogen and oxygen atoms in total. The Labute approximate surface area is 168 Å². The number of benzene rings is 2. The predicted octanol–water partition coefficient (Wildman–Crippen LogP) is 4.17. The zero-order valence-corrected chi connectivity index (χ0v) is 16.6. The monoisotopic (exact) mass is 391 g/mol. The quantitative estimate of drug-likeness (QED) is 0.400. The first-order chi connectivity index (χ1) is 14.3. The van der Waals surface area contributed by atoms with Crippen molar-refractivity contribution >= 4 is 16.7 Å². The summed E-state index contributed by atoms with van der Waals surface area (Å²) in [4.78, 5) is 13.1. The third-order valence-corrected chi connectivity index (χ3v) is 5.08. The van der Waals surface area contributed by atoms with Gasteiger partial charge in [0.05, 0.1) is 23.2 Å². The molecule has 0 fully saturated rings. The van der Waals surface area contributed by atoms with Crippen LogP contribution in [-0.2, 0) is 0 Å². The normalized spacial score (nSPS) is 11.3. The van der Waals surface area contributed by atoms with Crippen LogP contribution < -0.4 is 10.3 Å². The lowest BCUT2D eigenvalue weighted by Gasteiger charge is -2.10. The molecule has 7 heteroatoms. The van der Waals surface area contributed by atoms with Gasteiger partial charge < -0.3 is 4.74 Å². The standard InChI is InChI=1S/C22H25N5O2/c1-2-3-4-5-6-9-16-29-18-14-12-17(13-15-18)26-21(28)19-10-7-8-11-20(19)27-22(26)23-24-25-27/h7-8,10-15H,2-6,9,16H2,1H3. The van der Waals surface area contributed by atoms with Gasteiger partial charge in [-0.2, -0.15) is 4.52 Å². The summed E-state index contributed by atoms with van der Waals surface area (Å²) in [5, 5.41) is 12.4. The highest BCUT2D eigenvalue weighted by Gasteiger charge is 2.14. The maximum Gasteiger partial charge on any atom is 0.267 e. The largest absolute Gasteiger partial charge is 0.494 e. The first-order valence-corrected chi connectivity index (χ1v) is 10.2. The molecule has 0 spiro atoms. The van der Waals surface area contributed by atoms with Crippen molar-refractivity contribution < 1.29 is 4.74 Å². The van der Waals surface area contributed by atoms with Crippen molar-refractivity contribution in [3.8, 4) is 11.4 Å². The molecule has 150 valence electrons. The molecule has 0 aliphatic rings. The molecule has 0 aliphatic heterocycles. The van der Waals surface area contributed by atoms with E-state index in [0.29, 0.717) is 29.0 Å². The molecule has 4 aromatic rings. The number of aromatic nitrogens is 5. The van der Waals surface area contributed by atoms with Crippen molar-refractivity contribution in [1.82, 2.24) is 24.6 Å². The molecule has 29 heavy (non-hydrogen) atoms. The third kappa shape index (κ3) is 3.99. The molecule has 0 amide bonds. The Morgan fingerprint density at radius 3 is 2.52 bits per heavy atom. The van der Waals surface area contributed by atoms with Crippen LogP contribution in [0.25, 0.3) is 22.4 Å². The van der Waals surface area contributed by atoms with Crippen molar-refractivity contribution in [2.75, 3.05) is 6.61 Å². The van der Waals surface area contributed by atoms with Crippen molar-refractivity contribution in [3.05, 3.63) is 58.9 Å². The lowest BCUT2D eigenvalue weighted by atomic mass is 10.1. The van der Waals surface area contributed by atoms with Gasteiger partial charge in [-0.05, 0) is 53.2 Å². The highest BCUT2D eigenvalue weighted by Crippen LogP contribution is 2.18. The SMILES string of the molecule is CCCCCCCCOc1ccc(-n2c(=O)c3ccccc3n3nnnc23)cc1. The summed E-state index contributed by atoms with van der Waals surface area (Å²) in [5.41, 5.74) is 1.24. The van der Waals surface area contributed by atoms with Gasteiger partial charge in [-0.3, -0.25) is 4.79 Å². The summed E-state index contributed by atoms with van der Waals surface area (Å²) in [7, 11) is 0. The fraction of sp³-hybridized carbons (Fsp3) is 0.364. The fourth-order valence-electron chi connectivity index (χ4n) is 3.52. The van der Waals surface area contributed by atoms with E-state index >= 15 is 0 Å². The smallest absolute Gasteiger partial charge is 0.267 e. The Hall–Kier alpha value is -3.22. The summed E-state index contributed by atoms with van der Waals surface area (Å²) < 4.78 is 8.95. The van der Waals surface area contributed by atoms with Crippen LogP contribution in [0.4, 0.5) is 0 Å². The van der Waals surface area contributed by atoms with Crippen LogP contribution in [0.2, 0.25) is 0 Å². The number of hydrogen-bond acceptors (Lipinski definition) is 5. The summed E-state index contributed by atoms with van der Waals surface area (Å²) in [5.74, 6) is 1.18. The van der Waals surface area contributed by atoms with Gasteiger partial charge in [0.1, 0.15) is 5.75 Å². The second-order valence-corrected chi connectivity index (χ2v) is 7.16. The molecule has 0 aliphatic carbocycles. The summed E-state index contributed by atoms with van der Waals surface area (Å²) >= 11 is 0. The van der Waals surface area contributed by atoms with Crippen LogP contribution in [0.3, 0.4) is 0 Å². The number of unbranched alkanes of at least 4 members (excludes halogenated alkanes) is 5. The summed E-state index contributed by atoms with van der Waals surface area (Å²) in [6.45, 7) is 2.93. The Bertz CT molecular complexity index is 1150. The minimum Gasteiger partial charge on any atom is -0.494 e. The summed E-state index contributed by atoms with van der Waals surface area (Å²) in [6, 6.07) is 14.8. The molecule has 2 aromatic carbocycles. The zero-order valence-electron chi connectivity index (χ0n) is 16.6. The maximum atomic E-state index is 13.1. The van der Waals surface area contributed by atoms with Crippen LogP contribution in [0.15, 0.2) is 53.3 Å². The average molecular weight is 391 g/mol. The van der Waals surface area contributed by atoms with Gasteiger partial charge in [-0.1, -0.05) is 56.3 Å². The second-order valence-electron chi connectivity index (χ2n) is 7.16. The van der Waals surface area contributed by atoms with E-state index in [0.717, 1.165) is 12.2 Å². The van der Waals surface area contributed by atoms with Crippen LogP contribution in [0.1, 0.15) is 45.4 Å². The molecule has 0 atom stereocenters. The van der Waals surface area contributed by atoms with Gasteiger partial charge in [-0.15, -0.1) is 0 Å². The van der Waals surface area contributed by atoms with Crippen LogP contribution in [0.5, 0.6) is 5.75 Å². The number of ether oxygens (including phenoxy) is 1. The molecule has 4 rings (SSSR count). The lowest BCUT2D eigenvalue weighted by molar-refractivity contribution is 0.304. The van der Waals surface area contributed by atoms with E-state index in [1.807, 2.05) is 42.5 Å². The number of fused-ring (bicyclic) bond motifs is 3. The summed E-state index contributed by atoms with van der Waals surface area (Å²) in [6.07, 6.45) is 7.40. The molecule has 0 saturated heterocycles. The number of hydrogen-bond donors (Lipinski definition) is 0. The predicted molar refractivity (Wildman–Crippen MR) is 113 cm³/mol. The lowest BCUT2D eigenvalue weighted by Crippen LogP contribution is -2.21. The Morgan fingerprint density at radius 2 is 1.69 bits per heavy atom. The molecule has 2 aromatic heterocycles. The molecule has 0 unspecified atom stereocenters. The van der Waals surface area contributed by atoms with E-state index in [1.54, 1.807) is 10.6 Å². The number of tetrazole rings is 1. The first-order valence-electron chi connectivity index (χ1n) is 10.2. The van der Waals surface area contributed by atoms with E-state index in [-0.39, 0.29) is 5.56 Å². The van der Waals surface area contributed by atoms with Gasteiger partial charge in [0.2, 0.25) is 0 Å². The van der Waals surface area contributed by atoms with Crippen LogP contribution in [-0.4, -0.2) is 31.2 Å². The Balaban J connectivity index is 1.52. The first kappa shape index (κ1) is 19.1. The zero-order chi connectivity index (χ0) is 20.1. The van der Waals surface area contributed by atoms with Crippen molar-refractivity contribution in [1.29, 1.82) is 0 Å². The Morgan fingerprint density at radius 1 is 0.931 bits per heavy atom. The molecular formula is C22H25N5O2. The fourth-order valence-corrected chi connectivity index (χ4v) is 3.52. The van der Waals surface area contributed by atoms with E-state index in [2.05, 4.69) is 22.4 Å². The number of rotatable bonds is 9. The van der Waals surface area contributed by atoms with E-state index < -0.39 is 0 Å². The maximum absolute atomic E-state index is 13.1. The van der Waals surface area contributed by atoms with Gasteiger partial charge in [-0.25, -0.2) is 4.57 Å². The minimum atomic E-state index is -0.149. The van der Waals surface area contributed by atoms with Crippen molar-refractivity contribution in [2.45, 2.75) is 45.4 Å². The van der Waals surface area contributed by atoms with Crippen molar-refractivity contribution in [2.24, 2.45) is 0 Å². The van der Waals surface area contributed by atoms with Crippen LogP contribution in [0, 0.1) is 0 Å². The molecule has 0 bridgehead atoms. The van der Waals surface area contributed by atoms with Gasteiger partial charge >= 0.3 is 0 Å². The van der Waals surface area contributed by atoms with Gasteiger partial charge in [0.15, 0.2) is 0 Å². The molecule has 0 saturated carbocycles. The molecule has 0 N–H and O–H groups in total. The molecule has 0 radical (unpaired) electrons. The number of para-hydroxylation sites is 1. The van der Waals surface area contributed by atoms with Crippen LogP contribution >= 0.6 is 0 Å². The highest BCUT2D eigenvalue weighted by atomic mass is 16.5. The second kappa shape index (κ2) is 8.86.